The molecule has 130 valence electrons. The van der Waals surface area contributed by atoms with E-state index < -0.39 is 8.32 Å². The van der Waals surface area contributed by atoms with Crippen LogP contribution < -0.4 is 5.73 Å². The summed E-state index contributed by atoms with van der Waals surface area (Å²) in [5.74, 6) is -0.0582. The highest BCUT2D eigenvalue weighted by Gasteiger charge is 2.37. The molecule has 2 aromatic heterocycles. The summed E-state index contributed by atoms with van der Waals surface area (Å²) in [6, 6.07) is 1.77. The van der Waals surface area contributed by atoms with E-state index in [1.165, 1.54) is 23.9 Å². The Morgan fingerprint density at radius 1 is 1.42 bits per heavy atom. The number of rotatable bonds is 5. The van der Waals surface area contributed by atoms with Crippen molar-refractivity contribution in [2.75, 3.05) is 5.73 Å². The molecule has 8 heteroatoms. The lowest BCUT2D eigenvalue weighted by Gasteiger charge is -2.36. The maximum Gasteiger partial charge on any atom is 0.208 e. The zero-order valence-electron chi connectivity index (χ0n) is 14.5. The van der Waals surface area contributed by atoms with E-state index in [0.717, 1.165) is 5.56 Å². The molecular weight excluding hydrogens is 362 g/mol. The molecule has 2 N–H and O–H groups in total. The second kappa shape index (κ2) is 6.91. The van der Waals surface area contributed by atoms with Gasteiger partial charge in [-0.1, -0.05) is 32.4 Å². The van der Waals surface area contributed by atoms with Crippen LogP contribution in [0.25, 0.3) is 0 Å². The second-order valence-electron chi connectivity index (χ2n) is 7.11. The predicted octanol–water partition coefficient (Wildman–Crippen LogP) is 4.53. The van der Waals surface area contributed by atoms with Crippen LogP contribution in [-0.2, 0) is 11.0 Å². The van der Waals surface area contributed by atoms with E-state index in [4.69, 9.17) is 21.8 Å². The number of halogens is 1. The lowest BCUT2D eigenvalue weighted by atomic mass is 10.1. The lowest BCUT2D eigenvalue weighted by molar-refractivity contribution is 0.104. The average molecular weight is 384 g/mol. The Hall–Kier alpha value is -1.28. The zero-order chi connectivity index (χ0) is 18.1. The third-order valence-corrected chi connectivity index (χ3v) is 10.3. The topological polar surface area (TPSA) is 78.1 Å². The van der Waals surface area contributed by atoms with Crippen LogP contribution in [0.2, 0.25) is 22.5 Å². The monoisotopic (exact) mass is 383 g/mol. The molecule has 0 atom stereocenters. The number of anilines is 1. The fourth-order valence-electron chi connectivity index (χ4n) is 1.74. The highest BCUT2D eigenvalue weighted by Crippen LogP contribution is 2.38. The summed E-state index contributed by atoms with van der Waals surface area (Å²) in [5, 5.41) is 0.115. The maximum atomic E-state index is 12.6. The van der Waals surface area contributed by atoms with E-state index in [9.17, 15) is 4.79 Å². The standard InChI is InChI=1S/C16H22ClN3O2SSi/c1-16(2,3)24(4,5)22-8-10-6-12(23-14(10)17)13(21)11-7-19-9-20-15(11)18/h6-7,9H,8H2,1-5H3,(H2,18,19,20). The zero-order valence-corrected chi connectivity index (χ0v) is 17.1. The minimum Gasteiger partial charge on any atom is -0.412 e. The first-order valence-electron chi connectivity index (χ1n) is 7.55. The number of thiophene rings is 1. The van der Waals surface area contributed by atoms with Crippen molar-refractivity contribution >= 4 is 42.9 Å². The number of ketones is 1. The van der Waals surface area contributed by atoms with Crippen LogP contribution in [0.5, 0.6) is 0 Å². The van der Waals surface area contributed by atoms with Crippen molar-refractivity contribution in [1.82, 2.24) is 9.97 Å². The summed E-state index contributed by atoms with van der Waals surface area (Å²) < 4.78 is 6.75. The van der Waals surface area contributed by atoms with E-state index in [0.29, 0.717) is 15.8 Å². The maximum absolute atomic E-state index is 12.6. The van der Waals surface area contributed by atoms with Gasteiger partial charge in [-0.25, -0.2) is 9.97 Å². The van der Waals surface area contributed by atoms with Crippen molar-refractivity contribution in [2.24, 2.45) is 0 Å². The molecule has 0 aromatic carbocycles. The van der Waals surface area contributed by atoms with Crippen molar-refractivity contribution in [3.63, 3.8) is 0 Å². The average Bonchev–Trinajstić information content (AvgIpc) is 2.85. The second-order valence-corrected chi connectivity index (χ2v) is 13.6. The highest BCUT2D eigenvalue weighted by atomic mass is 35.5. The summed E-state index contributed by atoms with van der Waals surface area (Å²) >= 11 is 7.52. The molecule has 24 heavy (non-hydrogen) atoms. The van der Waals surface area contributed by atoms with Crippen molar-refractivity contribution in [2.45, 2.75) is 45.5 Å². The van der Waals surface area contributed by atoms with E-state index in [2.05, 4.69) is 43.8 Å². The van der Waals surface area contributed by atoms with Crippen LogP contribution in [0.1, 0.15) is 41.6 Å². The first kappa shape index (κ1) is 19.0. The third-order valence-electron chi connectivity index (χ3n) is 4.36. The molecule has 2 rings (SSSR count). The Bertz CT molecular complexity index is 756. The van der Waals surface area contributed by atoms with Gasteiger partial charge in [0.15, 0.2) is 8.32 Å². The number of nitrogens with zero attached hydrogens (tertiary/aromatic N) is 2. The molecule has 0 unspecified atom stereocenters. The van der Waals surface area contributed by atoms with Crippen molar-refractivity contribution in [3.8, 4) is 0 Å². The van der Waals surface area contributed by atoms with Crippen LogP contribution in [0.3, 0.4) is 0 Å². The quantitative estimate of drug-likeness (QED) is 0.606. The molecule has 2 aromatic rings. The SMILES string of the molecule is CC(C)(C)[Si](C)(C)OCc1cc(C(=O)c2cncnc2N)sc1Cl. The van der Waals surface area contributed by atoms with Gasteiger partial charge in [0, 0.05) is 11.8 Å². The Labute approximate surface area is 152 Å². The summed E-state index contributed by atoms with van der Waals surface area (Å²) in [7, 11) is -1.88. The van der Waals surface area contributed by atoms with Crippen molar-refractivity contribution in [1.29, 1.82) is 0 Å². The molecule has 0 saturated heterocycles. The van der Waals surface area contributed by atoms with E-state index in [-0.39, 0.29) is 22.2 Å². The molecule has 0 aliphatic rings. The van der Waals surface area contributed by atoms with Crippen LogP contribution in [0.15, 0.2) is 18.6 Å². The number of aromatic nitrogens is 2. The molecule has 0 amide bonds. The molecule has 0 saturated carbocycles. The summed E-state index contributed by atoms with van der Waals surface area (Å²) in [6.07, 6.45) is 2.73. The van der Waals surface area contributed by atoms with Crippen LogP contribution >= 0.6 is 22.9 Å². The van der Waals surface area contributed by atoms with Gasteiger partial charge in [0.1, 0.15) is 12.1 Å². The molecule has 5 nitrogen and oxygen atoms in total. The van der Waals surface area contributed by atoms with Crippen LogP contribution in [-0.4, -0.2) is 24.1 Å². The predicted molar refractivity (Wildman–Crippen MR) is 101 cm³/mol. The van der Waals surface area contributed by atoms with Gasteiger partial charge in [0.05, 0.1) is 21.4 Å². The van der Waals surface area contributed by atoms with E-state index in [1.807, 2.05) is 0 Å². The number of hydrogen-bond donors (Lipinski definition) is 1. The minimum atomic E-state index is -1.88. The fourth-order valence-corrected chi connectivity index (χ4v) is 3.89. The molecule has 2 heterocycles. The smallest absolute Gasteiger partial charge is 0.208 e. The first-order valence-corrected chi connectivity index (χ1v) is 11.7. The van der Waals surface area contributed by atoms with Crippen molar-refractivity contribution in [3.05, 3.63) is 38.9 Å². The van der Waals surface area contributed by atoms with E-state index in [1.54, 1.807) is 6.07 Å². The molecule has 0 spiro atoms. The van der Waals surface area contributed by atoms with Gasteiger partial charge in [0.25, 0.3) is 0 Å². The van der Waals surface area contributed by atoms with Crippen LogP contribution in [0.4, 0.5) is 5.82 Å². The molecule has 0 radical (unpaired) electrons. The van der Waals surface area contributed by atoms with Crippen molar-refractivity contribution < 1.29 is 9.22 Å². The van der Waals surface area contributed by atoms with Gasteiger partial charge < -0.3 is 10.2 Å². The minimum absolute atomic E-state index is 0.115. The Balaban J connectivity index is 2.19. The molecule has 0 fully saturated rings. The molecular formula is C16H22ClN3O2SSi. The molecule has 0 aliphatic carbocycles. The summed E-state index contributed by atoms with van der Waals surface area (Å²) in [4.78, 5) is 20.8. The lowest BCUT2D eigenvalue weighted by Crippen LogP contribution is -2.40. The fraction of sp³-hybridized carbons (Fsp3) is 0.438. The first-order chi connectivity index (χ1) is 11.0. The number of hydrogen-bond acceptors (Lipinski definition) is 6. The van der Waals surface area contributed by atoms with Gasteiger partial charge in [-0.15, -0.1) is 11.3 Å². The van der Waals surface area contributed by atoms with Gasteiger partial charge in [-0.05, 0) is 24.2 Å². The van der Waals surface area contributed by atoms with Gasteiger partial charge in [0.2, 0.25) is 5.78 Å². The van der Waals surface area contributed by atoms with Gasteiger partial charge in [-0.2, -0.15) is 0 Å². The number of nitrogens with two attached hydrogens (primary N) is 1. The Morgan fingerprint density at radius 3 is 2.67 bits per heavy atom. The number of carbonyl (C=O) groups is 1. The van der Waals surface area contributed by atoms with Gasteiger partial charge >= 0.3 is 0 Å². The summed E-state index contributed by atoms with van der Waals surface area (Å²) in [5.41, 5.74) is 6.86. The normalized spacial score (nSPS) is 12.4. The summed E-state index contributed by atoms with van der Waals surface area (Å²) in [6.45, 7) is 11.3. The van der Waals surface area contributed by atoms with Crippen LogP contribution in [0, 0.1) is 0 Å². The Morgan fingerprint density at radius 2 is 2.08 bits per heavy atom. The van der Waals surface area contributed by atoms with E-state index >= 15 is 0 Å². The number of carbonyl (C=O) groups excluding carboxylic acids is 1. The third kappa shape index (κ3) is 4.03. The highest BCUT2D eigenvalue weighted by molar-refractivity contribution is 7.18. The molecule has 0 aliphatic heterocycles. The van der Waals surface area contributed by atoms with Gasteiger partial charge in [-0.3, -0.25) is 4.79 Å². The Kier molecular flexibility index (Phi) is 5.49. The number of nitrogen functional groups attached to an aromatic ring is 1. The largest absolute Gasteiger partial charge is 0.412 e. The molecule has 0 bridgehead atoms.